The fourth-order valence-electron chi connectivity index (χ4n) is 3.47. The summed E-state index contributed by atoms with van der Waals surface area (Å²) >= 11 is 0. The Labute approximate surface area is 193 Å². The van der Waals surface area contributed by atoms with E-state index in [0.29, 0.717) is 22.6 Å². The van der Waals surface area contributed by atoms with E-state index >= 15 is 0 Å². The second kappa shape index (κ2) is 9.17. The lowest BCUT2D eigenvalue weighted by Gasteiger charge is -2.17. The number of hydrogen-bond acceptors (Lipinski definition) is 7. The highest BCUT2D eigenvalue weighted by Crippen LogP contribution is 2.30. The SMILES string of the molecule is CCC(C)(C)c1cc(CC(=O)C(C)c2ccc(-c3nn(C(C)C)c(N)c3C(N)=O)cn2)no1. The van der Waals surface area contributed by atoms with E-state index in [1.54, 1.807) is 23.0 Å². The third-order valence-electron chi connectivity index (χ3n) is 6.13. The van der Waals surface area contributed by atoms with Crippen molar-refractivity contribution >= 4 is 17.5 Å². The second-order valence-corrected chi connectivity index (χ2v) is 9.27. The molecule has 3 rings (SSSR count). The normalized spacial score (nSPS) is 12.8. The monoisotopic (exact) mass is 452 g/mol. The number of anilines is 1. The first kappa shape index (κ1) is 24.2. The molecule has 3 aromatic heterocycles. The maximum atomic E-state index is 12.8. The van der Waals surface area contributed by atoms with Crippen molar-refractivity contribution in [3.05, 3.63) is 47.1 Å². The third-order valence-corrected chi connectivity index (χ3v) is 6.13. The van der Waals surface area contributed by atoms with Gasteiger partial charge >= 0.3 is 0 Å². The Morgan fingerprint density at radius 2 is 1.91 bits per heavy atom. The summed E-state index contributed by atoms with van der Waals surface area (Å²) in [5, 5.41) is 8.53. The predicted octanol–water partition coefficient (Wildman–Crippen LogP) is 3.80. The molecule has 3 heterocycles. The van der Waals surface area contributed by atoms with Crippen LogP contribution in [0.15, 0.2) is 28.9 Å². The molecule has 3 aromatic rings. The van der Waals surface area contributed by atoms with Gasteiger partial charge in [0.2, 0.25) is 0 Å². The number of Topliss-reactive ketones (excluding diaryl/α,β-unsaturated/α-hetero) is 1. The van der Waals surface area contributed by atoms with Crippen molar-refractivity contribution in [2.75, 3.05) is 5.73 Å². The largest absolute Gasteiger partial charge is 0.383 e. The van der Waals surface area contributed by atoms with Gasteiger partial charge in [0.25, 0.3) is 5.91 Å². The number of nitrogen functional groups attached to an aromatic ring is 1. The van der Waals surface area contributed by atoms with Crippen LogP contribution in [0.3, 0.4) is 0 Å². The highest BCUT2D eigenvalue weighted by Gasteiger charge is 2.26. The first-order valence-corrected chi connectivity index (χ1v) is 11.1. The molecule has 1 atom stereocenters. The number of hydrogen-bond donors (Lipinski definition) is 2. The number of primary amides is 1. The third kappa shape index (κ3) is 4.81. The predicted molar refractivity (Wildman–Crippen MR) is 126 cm³/mol. The van der Waals surface area contributed by atoms with Crippen LogP contribution in [0.1, 0.15) is 87.4 Å². The number of amides is 1. The lowest BCUT2D eigenvalue weighted by atomic mass is 9.87. The van der Waals surface area contributed by atoms with Crippen LogP contribution in [0.2, 0.25) is 0 Å². The zero-order valence-electron chi connectivity index (χ0n) is 20.0. The molecule has 0 saturated heterocycles. The average molecular weight is 453 g/mol. The molecule has 0 aliphatic carbocycles. The van der Waals surface area contributed by atoms with Gasteiger partial charge < -0.3 is 16.0 Å². The summed E-state index contributed by atoms with van der Waals surface area (Å²) in [5.74, 6) is -0.116. The summed E-state index contributed by atoms with van der Waals surface area (Å²) in [6.45, 7) is 11.9. The van der Waals surface area contributed by atoms with E-state index in [0.717, 1.165) is 12.2 Å². The highest BCUT2D eigenvalue weighted by molar-refractivity contribution is 6.03. The summed E-state index contributed by atoms with van der Waals surface area (Å²) in [6, 6.07) is 5.33. The molecular formula is C24H32N6O3. The van der Waals surface area contributed by atoms with Gasteiger partial charge in [-0.2, -0.15) is 5.10 Å². The minimum Gasteiger partial charge on any atom is -0.383 e. The molecule has 0 radical (unpaired) electrons. The average Bonchev–Trinajstić information content (AvgIpc) is 3.38. The van der Waals surface area contributed by atoms with Crippen LogP contribution in [0.4, 0.5) is 5.82 Å². The molecule has 0 fully saturated rings. The highest BCUT2D eigenvalue weighted by atomic mass is 16.5. The molecule has 0 saturated carbocycles. The summed E-state index contributed by atoms with van der Waals surface area (Å²) in [7, 11) is 0. The van der Waals surface area contributed by atoms with Gasteiger partial charge in [0.15, 0.2) is 0 Å². The van der Waals surface area contributed by atoms with Gasteiger partial charge in [0.1, 0.15) is 28.6 Å². The van der Waals surface area contributed by atoms with E-state index in [1.807, 2.05) is 26.8 Å². The molecular weight excluding hydrogens is 420 g/mol. The Hall–Kier alpha value is -3.49. The first-order valence-electron chi connectivity index (χ1n) is 11.1. The number of carbonyl (C=O) groups is 2. The van der Waals surface area contributed by atoms with Gasteiger partial charge in [0, 0.05) is 29.3 Å². The molecule has 0 bridgehead atoms. The van der Waals surface area contributed by atoms with Crippen molar-refractivity contribution in [3.63, 3.8) is 0 Å². The Balaban J connectivity index is 1.80. The Morgan fingerprint density at radius 1 is 1.21 bits per heavy atom. The molecule has 0 aromatic carbocycles. The molecule has 0 spiro atoms. The number of ketones is 1. The lowest BCUT2D eigenvalue weighted by molar-refractivity contribution is -0.119. The van der Waals surface area contributed by atoms with Crippen LogP contribution in [0.5, 0.6) is 0 Å². The van der Waals surface area contributed by atoms with Crippen LogP contribution in [0.25, 0.3) is 11.3 Å². The number of carbonyl (C=O) groups excluding carboxylic acids is 2. The smallest absolute Gasteiger partial charge is 0.254 e. The van der Waals surface area contributed by atoms with E-state index in [1.165, 1.54) is 0 Å². The van der Waals surface area contributed by atoms with Crippen LogP contribution >= 0.6 is 0 Å². The van der Waals surface area contributed by atoms with Crippen molar-refractivity contribution < 1.29 is 14.1 Å². The van der Waals surface area contributed by atoms with E-state index in [9.17, 15) is 9.59 Å². The Bertz CT molecular complexity index is 1160. The zero-order valence-corrected chi connectivity index (χ0v) is 20.0. The number of rotatable bonds is 9. The molecule has 176 valence electrons. The number of nitrogens with zero attached hydrogens (tertiary/aromatic N) is 4. The van der Waals surface area contributed by atoms with Crippen molar-refractivity contribution in [2.24, 2.45) is 5.73 Å². The molecule has 9 nitrogen and oxygen atoms in total. The topological polar surface area (TPSA) is 143 Å². The van der Waals surface area contributed by atoms with Crippen molar-refractivity contribution in [3.8, 4) is 11.3 Å². The van der Waals surface area contributed by atoms with Gasteiger partial charge in [-0.25, -0.2) is 4.68 Å². The Kier molecular flexibility index (Phi) is 6.71. The molecule has 1 unspecified atom stereocenters. The fourth-order valence-corrected chi connectivity index (χ4v) is 3.47. The molecule has 4 N–H and O–H groups in total. The summed E-state index contributed by atoms with van der Waals surface area (Å²) in [5.41, 5.74) is 13.9. The maximum Gasteiger partial charge on any atom is 0.254 e. The van der Waals surface area contributed by atoms with Gasteiger partial charge in [-0.3, -0.25) is 14.6 Å². The summed E-state index contributed by atoms with van der Waals surface area (Å²) in [4.78, 5) is 29.3. The summed E-state index contributed by atoms with van der Waals surface area (Å²) < 4.78 is 7.01. The lowest BCUT2D eigenvalue weighted by Crippen LogP contribution is -2.15. The van der Waals surface area contributed by atoms with Crippen LogP contribution in [-0.2, 0) is 16.6 Å². The van der Waals surface area contributed by atoms with E-state index in [4.69, 9.17) is 16.0 Å². The van der Waals surface area contributed by atoms with Gasteiger partial charge in [0.05, 0.1) is 23.7 Å². The van der Waals surface area contributed by atoms with E-state index in [-0.39, 0.29) is 35.0 Å². The Morgan fingerprint density at radius 3 is 2.45 bits per heavy atom. The van der Waals surface area contributed by atoms with E-state index in [2.05, 4.69) is 36.0 Å². The molecule has 9 heteroatoms. The number of nitrogens with two attached hydrogens (primary N) is 2. The molecule has 0 aliphatic rings. The van der Waals surface area contributed by atoms with Crippen molar-refractivity contribution in [1.29, 1.82) is 0 Å². The van der Waals surface area contributed by atoms with E-state index < -0.39 is 11.8 Å². The van der Waals surface area contributed by atoms with Gasteiger partial charge in [-0.15, -0.1) is 0 Å². The molecule has 0 aliphatic heterocycles. The number of aromatic nitrogens is 4. The van der Waals surface area contributed by atoms with Crippen LogP contribution < -0.4 is 11.5 Å². The number of pyridine rings is 1. The van der Waals surface area contributed by atoms with Gasteiger partial charge in [-0.1, -0.05) is 25.9 Å². The molecule has 1 amide bonds. The fraction of sp³-hybridized carbons (Fsp3) is 0.458. The first-order chi connectivity index (χ1) is 15.5. The second-order valence-electron chi connectivity index (χ2n) is 9.27. The summed E-state index contributed by atoms with van der Waals surface area (Å²) in [6.07, 6.45) is 2.64. The zero-order chi connectivity index (χ0) is 24.5. The minimum absolute atomic E-state index is 0.0180. The molecule has 33 heavy (non-hydrogen) atoms. The van der Waals surface area contributed by atoms with Gasteiger partial charge in [-0.05, 0) is 39.3 Å². The van der Waals surface area contributed by atoms with Crippen molar-refractivity contribution in [1.82, 2.24) is 19.9 Å². The van der Waals surface area contributed by atoms with Crippen molar-refractivity contribution in [2.45, 2.75) is 71.8 Å². The van der Waals surface area contributed by atoms with Crippen LogP contribution in [-0.4, -0.2) is 31.6 Å². The van der Waals surface area contributed by atoms with Crippen LogP contribution in [0, 0.1) is 0 Å². The maximum absolute atomic E-state index is 12.8. The standard InChI is InChI=1S/C24H32N6O3/c1-7-24(5,6)19-11-16(29-33-19)10-18(31)14(4)17-9-8-15(12-27-17)21-20(23(26)32)22(25)30(28-21)13(2)3/h8-9,11-14H,7,10,25H2,1-6H3,(H2,26,32). The quantitative estimate of drug-likeness (QED) is 0.502. The minimum atomic E-state index is -0.653.